The molecule has 5 nitrogen and oxygen atoms in total. The molecular formula is C32H31FN2O3. The smallest absolute Gasteiger partial charge is 0.243 e. The molecule has 0 aromatic heterocycles. The van der Waals surface area contributed by atoms with Crippen LogP contribution in [0, 0.1) is 5.82 Å². The second kappa shape index (κ2) is 13.2. The second-order valence-corrected chi connectivity index (χ2v) is 9.08. The number of rotatable bonds is 11. The van der Waals surface area contributed by atoms with E-state index in [1.165, 1.54) is 12.1 Å². The summed E-state index contributed by atoms with van der Waals surface area (Å²) in [5.74, 6) is -0.0535. The molecule has 4 aromatic rings. The first-order valence-corrected chi connectivity index (χ1v) is 12.5. The minimum Gasteiger partial charge on any atom is -0.497 e. The average molecular weight is 511 g/mol. The Morgan fingerprint density at radius 3 is 1.95 bits per heavy atom. The lowest BCUT2D eigenvalue weighted by molar-refractivity contribution is -0.140. The number of carbonyl (C=O) groups excluding carboxylic acids is 2. The molecule has 4 aromatic carbocycles. The lowest BCUT2D eigenvalue weighted by Crippen LogP contribution is -2.50. The third-order valence-corrected chi connectivity index (χ3v) is 6.36. The Kier molecular flexibility index (Phi) is 9.24. The van der Waals surface area contributed by atoms with Gasteiger partial charge in [0.15, 0.2) is 0 Å². The van der Waals surface area contributed by atoms with Gasteiger partial charge < -0.3 is 15.0 Å². The van der Waals surface area contributed by atoms with Crippen LogP contribution >= 0.6 is 0 Å². The number of carbonyl (C=O) groups is 2. The second-order valence-electron chi connectivity index (χ2n) is 9.08. The van der Waals surface area contributed by atoms with Gasteiger partial charge in [-0.05, 0) is 46.5 Å². The number of amides is 2. The molecule has 0 radical (unpaired) electrons. The van der Waals surface area contributed by atoms with E-state index in [0.717, 1.165) is 28.0 Å². The number of hydrogen-bond donors (Lipinski definition) is 1. The fourth-order valence-electron chi connectivity index (χ4n) is 4.26. The van der Waals surface area contributed by atoms with Gasteiger partial charge >= 0.3 is 0 Å². The molecule has 1 unspecified atom stereocenters. The Bertz CT molecular complexity index is 1310. The third-order valence-electron chi connectivity index (χ3n) is 6.36. The van der Waals surface area contributed by atoms with Gasteiger partial charge in [0, 0.05) is 19.5 Å². The maximum atomic E-state index is 13.7. The quantitative estimate of drug-likeness (QED) is 0.297. The normalized spacial score (nSPS) is 11.4. The van der Waals surface area contributed by atoms with Crippen molar-refractivity contribution in [3.63, 3.8) is 0 Å². The summed E-state index contributed by atoms with van der Waals surface area (Å²) in [6.45, 7) is 0.491. The van der Waals surface area contributed by atoms with Crippen LogP contribution in [0.5, 0.6) is 5.75 Å². The van der Waals surface area contributed by atoms with Gasteiger partial charge in [-0.2, -0.15) is 0 Å². The number of nitrogens with one attached hydrogen (secondary N) is 1. The molecule has 0 aliphatic rings. The Labute approximate surface area is 222 Å². The van der Waals surface area contributed by atoms with Crippen LogP contribution in [0.3, 0.4) is 0 Å². The number of methoxy groups -OCH3 is 1. The standard InChI is InChI=1S/C32H31FN2O3/c1-38-29-18-14-26(15-19-29)22-34-32(37)30(20-24-8-4-2-5-9-24)35(23-27-12-16-28(33)17-13-27)31(36)21-25-10-6-3-7-11-25/h2-19,30H,20-23H2,1H3,(H,34,37). The maximum absolute atomic E-state index is 13.7. The Morgan fingerprint density at radius 2 is 1.34 bits per heavy atom. The van der Waals surface area contributed by atoms with Crippen LogP contribution in [0.15, 0.2) is 109 Å². The predicted octanol–water partition coefficient (Wildman–Crippen LogP) is 5.33. The van der Waals surface area contributed by atoms with E-state index in [1.807, 2.05) is 84.9 Å². The summed E-state index contributed by atoms with van der Waals surface area (Å²) >= 11 is 0. The topological polar surface area (TPSA) is 58.6 Å². The van der Waals surface area contributed by atoms with Crippen LogP contribution in [-0.2, 0) is 35.5 Å². The third kappa shape index (κ3) is 7.53. The highest BCUT2D eigenvalue weighted by molar-refractivity contribution is 5.88. The summed E-state index contributed by atoms with van der Waals surface area (Å²) in [7, 11) is 1.60. The van der Waals surface area contributed by atoms with Crippen LogP contribution in [0.1, 0.15) is 22.3 Å². The van der Waals surface area contributed by atoms with E-state index < -0.39 is 6.04 Å². The van der Waals surface area contributed by atoms with Crippen molar-refractivity contribution in [3.05, 3.63) is 137 Å². The molecular weight excluding hydrogens is 479 g/mol. The van der Waals surface area contributed by atoms with E-state index in [0.29, 0.717) is 13.0 Å². The summed E-state index contributed by atoms with van der Waals surface area (Å²) in [5, 5.41) is 3.02. The number of nitrogens with zero attached hydrogens (tertiary/aromatic N) is 1. The van der Waals surface area contributed by atoms with Gasteiger partial charge in [0.05, 0.1) is 13.5 Å². The zero-order valence-corrected chi connectivity index (χ0v) is 21.3. The molecule has 4 rings (SSSR count). The molecule has 1 atom stereocenters. The molecule has 0 saturated heterocycles. The van der Waals surface area contributed by atoms with E-state index in [-0.39, 0.29) is 30.6 Å². The van der Waals surface area contributed by atoms with Crippen LogP contribution in [-0.4, -0.2) is 29.9 Å². The van der Waals surface area contributed by atoms with Crippen molar-refractivity contribution in [3.8, 4) is 5.75 Å². The lowest BCUT2D eigenvalue weighted by Gasteiger charge is -2.32. The zero-order chi connectivity index (χ0) is 26.7. The van der Waals surface area contributed by atoms with Gasteiger partial charge in [0.2, 0.25) is 11.8 Å². The molecule has 0 saturated carbocycles. The van der Waals surface area contributed by atoms with E-state index >= 15 is 0 Å². The Hall–Kier alpha value is -4.45. The average Bonchev–Trinajstić information content (AvgIpc) is 2.96. The van der Waals surface area contributed by atoms with Crippen LogP contribution in [0.2, 0.25) is 0 Å². The monoisotopic (exact) mass is 510 g/mol. The molecule has 6 heteroatoms. The van der Waals surface area contributed by atoms with E-state index in [2.05, 4.69) is 5.32 Å². The largest absolute Gasteiger partial charge is 0.497 e. The first kappa shape index (κ1) is 26.6. The molecule has 0 fully saturated rings. The number of ether oxygens (including phenoxy) is 1. The molecule has 0 aliphatic heterocycles. The summed E-state index contributed by atoms with van der Waals surface area (Å²) in [4.78, 5) is 29.0. The molecule has 0 bridgehead atoms. The van der Waals surface area contributed by atoms with Crippen molar-refractivity contribution < 1.29 is 18.7 Å². The summed E-state index contributed by atoms with van der Waals surface area (Å²) < 4.78 is 18.8. The van der Waals surface area contributed by atoms with Gasteiger partial charge in [0.1, 0.15) is 17.6 Å². The van der Waals surface area contributed by atoms with E-state index in [9.17, 15) is 14.0 Å². The first-order chi connectivity index (χ1) is 18.5. The number of hydrogen-bond acceptors (Lipinski definition) is 3. The molecule has 0 heterocycles. The van der Waals surface area contributed by atoms with Gasteiger partial charge in [0.25, 0.3) is 0 Å². The molecule has 1 N–H and O–H groups in total. The van der Waals surface area contributed by atoms with Crippen molar-refractivity contribution >= 4 is 11.8 Å². The Balaban J connectivity index is 1.62. The van der Waals surface area contributed by atoms with Crippen molar-refractivity contribution in [2.45, 2.75) is 32.0 Å². The minimum atomic E-state index is -0.767. The molecule has 2 amide bonds. The van der Waals surface area contributed by atoms with Crippen LogP contribution in [0.25, 0.3) is 0 Å². The number of halogens is 1. The lowest BCUT2D eigenvalue weighted by atomic mass is 10.0. The SMILES string of the molecule is COc1ccc(CNC(=O)C(Cc2ccccc2)N(Cc2ccc(F)cc2)C(=O)Cc2ccccc2)cc1. The predicted molar refractivity (Wildman–Crippen MR) is 146 cm³/mol. The molecule has 0 aliphatic carbocycles. The van der Waals surface area contributed by atoms with E-state index in [4.69, 9.17) is 4.74 Å². The molecule has 194 valence electrons. The van der Waals surface area contributed by atoms with Crippen LogP contribution in [0.4, 0.5) is 4.39 Å². The highest BCUT2D eigenvalue weighted by Gasteiger charge is 2.30. The van der Waals surface area contributed by atoms with Crippen molar-refractivity contribution in [1.82, 2.24) is 10.2 Å². The van der Waals surface area contributed by atoms with Gasteiger partial charge in [-0.3, -0.25) is 9.59 Å². The highest BCUT2D eigenvalue weighted by atomic mass is 19.1. The fraction of sp³-hybridized carbons (Fsp3) is 0.188. The summed E-state index contributed by atoms with van der Waals surface area (Å²) in [5.41, 5.74) is 3.46. The Morgan fingerprint density at radius 1 is 0.763 bits per heavy atom. The van der Waals surface area contributed by atoms with Gasteiger partial charge in [-0.15, -0.1) is 0 Å². The summed E-state index contributed by atoms with van der Waals surface area (Å²) in [6.07, 6.45) is 0.496. The molecule has 0 spiro atoms. The maximum Gasteiger partial charge on any atom is 0.243 e. The number of benzene rings is 4. The van der Waals surface area contributed by atoms with Gasteiger partial charge in [-0.25, -0.2) is 4.39 Å². The van der Waals surface area contributed by atoms with Crippen molar-refractivity contribution in [1.29, 1.82) is 0 Å². The van der Waals surface area contributed by atoms with Crippen LogP contribution < -0.4 is 10.1 Å². The minimum absolute atomic E-state index is 0.152. The van der Waals surface area contributed by atoms with Crippen molar-refractivity contribution in [2.24, 2.45) is 0 Å². The fourth-order valence-corrected chi connectivity index (χ4v) is 4.26. The van der Waals surface area contributed by atoms with Crippen molar-refractivity contribution in [2.75, 3.05) is 7.11 Å². The summed E-state index contributed by atoms with van der Waals surface area (Å²) in [6, 6.07) is 31.8. The van der Waals surface area contributed by atoms with Gasteiger partial charge in [-0.1, -0.05) is 84.9 Å². The molecule has 38 heavy (non-hydrogen) atoms. The van der Waals surface area contributed by atoms with E-state index in [1.54, 1.807) is 24.1 Å². The first-order valence-electron chi connectivity index (χ1n) is 12.5. The zero-order valence-electron chi connectivity index (χ0n) is 21.3. The highest BCUT2D eigenvalue weighted by Crippen LogP contribution is 2.18.